The molecule has 1 unspecified atom stereocenters. The number of benzene rings is 1. The van der Waals surface area contributed by atoms with Gasteiger partial charge in [0, 0.05) is 12.4 Å². The molecule has 0 aliphatic carbocycles. The van der Waals surface area contributed by atoms with E-state index in [1.807, 2.05) is 24.3 Å². The Kier molecular flexibility index (Phi) is 6.83. The molecule has 0 radical (unpaired) electrons. The molecule has 19 heavy (non-hydrogen) atoms. The van der Waals surface area contributed by atoms with Crippen LogP contribution in [0.25, 0.3) is 0 Å². The van der Waals surface area contributed by atoms with E-state index in [4.69, 9.17) is 14.2 Å². The maximum atomic E-state index is 5.92. The van der Waals surface area contributed by atoms with Crippen LogP contribution in [0.2, 0.25) is 0 Å². The van der Waals surface area contributed by atoms with E-state index in [9.17, 15) is 0 Å². The highest BCUT2D eigenvalue weighted by molar-refractivity contribution is 9.09. The molecule has 1 aromatic rings. The second-order valence-electron chi connectivity index (χ2n) is 5.00. The fraction of sp³-hybridized carbons (Fsp3) is 0.600. The molecule has 1 aromatic carbocycles. The van der Waals surface area contributed by atoms with Gasteiger partial charge in [-0.3, -0.25) is 0 Å². The summed E-state index contributed by atoms with van der Waals surface area (Å²) in [7, 11) is 3.39. The molecule has 0 aliphatic rings. The molecule has 1 atom stereocenters. The summed E-state index contributed by atoms with van der Waals surface area (Å²) in [5.74, 6) is 0.859. The van der Waals surface area contributed by atoms with Gasteiger partial charge in [-0.15, -0.1) is 0 Å². The van der Waals surface area contributed by atoms with Crippen LogP contribution in [0.3, 0.4) is 0 Å². The van der Waals surface area contributed by atoms with E-state index >= 15 is 0 Å². The normalized spacial score (nSPS) is 13.3. The summed E-state index contributed by atoms with van der Waals surface area (Å²) >= 11 is 3.50. The Morgan fingerprint density at radius 3 is 2.26 bits per heavy atom. The van der Waals surface area contributed by atoms with Gasteiger partial charge >= 0.3 is 0 Å². The molecular formula is C15H23BrO3. The van der Waals surface area contributed by atoms with E-state index in [1.165, 1.54) is 0 Å². The van der Waals surface area contributed by atoms with Gasteiger partial charge in [-0.05, 0) is 38.0 Å². The van der Waals surface area contributed by atoms with E-state index < -0.39 is 0 Å². The molecule has 4 heteroatoms. The van der Waals surface area contributed by atoms with Crippen molar-refractivity contribution < 1.29 is 14.2 Å². The Morgan fingerprint density at radius 2 is 1.79 bits per heavy atom. The van der Waals surface area contributed by atoms with Crippen molar-refractivity contribution in [2.75, 3.05) is 26.2 Å². The highest BCUT2D eigenvalue weighted by atomic mass is 79.9. The van der Waals surface area contributed by atoms with Crippen LogP contribution in [0.4, 0.5) is 0 Å². The minimum Gasteiger partial charge on any atom is -0.497 e. The first kappa shape index (κ1) is 16.5. The van der Waals surface area contributed by atoms with Crippen molar-refractivity contribution in [3.63, 3.8) is 0 Å². The summed E-state index contributed by atoms with van der Waals surface area (Å²) in [5, 5.41) is 0.771. The number of hydrogen-bond acceptors (Lipinski definition) is 3. The summed E-state index contributed by atoms with van der Waals surface area (Å²) in [6, 6.07) is 7.97. The van der Waals surface area contributed by atoms with Gasteiger partial charge in [0.1, 0.15) is 5.75 Å². The third-order valence-corrected chi connectivity index (χ3v) is 3.79. The molecule has 0 saturated carbocycles. The fourth-order valence-electron chi connectivity index (χ4n) is 1.60. The highest BCUT2D eigenvalue weighted by Crippen LogP contribution is 2.24. The summed E-state index contributed by atoms with van der Waals surface area (Å²) in [6.45, 7) is 4.79. The Balaban J connectivity index is 2.53. The smallest absolute Gasteiger partial charge is 0.118 e. The first-order valence-corrected chi connectivity index (χ1v) is 7.51. The molecule has 0 saturated heterocycles. The lowest BCUT2D eigenvalue weighted by Crippen LogP contribution is -2.25. The lowest BCUT2D eigenvalue weighted by atomic mass is 10.1. The number of rotatable bonds is 8. The zero-order valence-electron chi connectivity index (χ0n) is 12.1. The summed E-state index contributed by atoms with van der Waals surface area (Å²) < 4.78 is 16.5. The van der Waals surface area contributed by atoms with Gasteiger partial charge in [0.05, 0.1) is 25.4 Å². The Bertz CT molecular complexity index is 362. The van der Waals surface area contributed by atoms with Gasteiger partial charge in [0.25, 0.3) is 0 Å². The van der Waals surface area contributed by atoms with E-state index in [2.05, 4.69) is 29.8 Å². The van der Waals surface area contributed by atoms with E-state index in [0.717, 1.165) is 23.1 Å². The van der Waals surface area contributed by atoms with Crippen LogP contribution in [0, 0.1) is 0 Å². The van der Waals surface area contributed by atoms with Crippen LogP contribution in [0.15, 0.2) is 24.3 Å². The topological polar surface area (TPSA) is 27.7 Å². The Morgan fingerprint density at radius 1 is 1.16 bits per heavy atom. The fourth-order valence-corrected chi connectivity index (χ4v) is 2.16. The summed E-state index contributed by atoms with van der Waals surface area (Å²) in [4.78, 5) is 0. The van der Waals surface area contributed by atoms with Crippen molar-refractivity contribution in [1.82, 2.24) is 0 Å². The predicted octanol–water partition coefficient (Wildman–Crippen LogP) is 3.96. The number of ether oxygens (including phenoxy) is 3. The predicted molar refractivity (Wildman–Crippen MR) is 81.2 cm³/mol. The monoisotopic (exact) mass is 330 g/mol. The SMILES string of the molecule is COc1ccc(C(CBr)OCCC(C)(C)OC)cc1. The van der Waals surface area contributed by atoms with Crippen molar-refractivity contribution in [3.8, 4) is 5.75 Å². The van der Waals surface area contributed by atoms with Gasteiger partial charge in [-0.2, -0.15) is 0 Å². The van der Waals surface area contributed by atoms with Crippen LogP contribution in [0.5, 0.6) is 5.75 Å². The van der Waals surface area contributed by atoms with Crippen LogP contribution in [0.1, 0.15) is 31.9 Å². The van der Waals surface area contributed by atoms with Crippen molar-refractivity contribution >= 4 is 15.9 Å². The van der Waals surface area contributed by atoms with Crippen LogP contribution in [-0.4, -0.2) is 31.8 Å². The molecule has 0 amide bonds. The van der Waals surface area contributed by atoms with Crippen LogP contribution < -0.4 is 4.74 Å². The van der Waals surface area contributed by atoms with Gasteiger partial charge in [-0.25, -0.2) is 0 Å². The number of halogens is 1. The van der Waals surface area contributed by atoms with Crippen LogP contribution in [-0.2, 0) is 9.47 Å². The van der Waals surface area contributed by atoms with Crippen molar-refractivity contribution in [2.24, 2.45) is 0 Å². The molecular weight excluding hydrogens is 308 g/mol. The quantitative estimate of drug-likeness (QED) is 0.675. The summed E-state index contributed by atoms with van der Waals surface area (Å²) in [5.41, 5.74) is 1.00. The molecule has 0 heterocycles. The van der Waals surface area contributed by atoms with Crippen molar-refractivity contribution in [3.05, 3.63) is 29.8 Å². The molecule has 0 N–H and O–H groups in total. The molecule has 108 valence electrons. The van der Waals surface area contributed by atoms with Crippen molar-refractivity contribution in [2.45, 2.75) is 32.0 Å². The maximum absolute atomic E-state index is 5.92. The maximum Gasteiger partial charge on any atom is 0.118 e. The standard InChI is InChI=1S/C15H23BrO3/c1-15(2,18-4)9-10-19-14(11-16)12-5-7-13(17-3)8-6-12/h5-8,14H,9-11H2,1-4H3. The second kappa shape index (κ2) is 7.88. The molecule has 0 aliphatic heterocycles. The average molecular weight is 331 g/mol. The molecule has 0 spiro atoms. The van der Waals surface area contributed by atoms with Crippen molar-refractivity contribution in [1.29, 1.82) is 0 Å². The van der Waals surface area contributed by atoms with Gasteiger partial charge in [-0.1, -0.05) is 28.1 Å². The minimum absolute atomic E-state index is 0.0542. The number of alkyl halides is 1. The van der Waals surface area contributed by atoms with Gasteiger partial charge in [0.15, 0.2) is 0 Å². The number of methoxy groups -OCH3 is 2. The summed E-state index contributed by atoms with van der Waals surface area (Å²) in [6.07, 6.45) is 0.918. The van der Waals surface area contributed by atoms with Gasteiger partial charge < -0.3 is 14.2 Å². The first-order chi connectivity index (χ1) is 9.02. The zero-order valence-corrected chi connectivity index (χ0v) is 13.7. The lowest BCUT2D eigenvalue weighted by molar-refractivity contribution is -0.0228. The van der Waals surface area contributed by atoms with Gasteiger partial charge in [0.2, 0.25) is 0 Å². The molecule has 0 fully saturated rings. The molecule has 0 bridgehead atoms. The molecule has 3 nitrogen and oxygen atoms in total. The Labute approximate surface area is 124 Å². The van der Waals surface area contributed by atoms with E-state index in [0.29, 0.717) is 6.61 Å². The third kappa shape index (κ3) is 5.51. The number of hydrogen-bond donors (Lipinski definition) is 0. The van der Waals surface area contributed by atoms with E-state index in [1.54, 1.807) is 14.2 Å². The average Bonchev–Trinajstić information content (AvgIpc) is 2.44. The second-order valence-corrected chi connectivity index (χ2v) is 5.65. The minimum atomic E-state index is -0.142. The molecule has 1 rings (SSSR count). The Hall–Kier alpha value is -0.580. The largest absolute Gasteiger partial charge is 0.497 e. The third-order valence-electron chi connectivity index (χ3n) is 3.20. The highest BCUT2D eigenvalue weighted by Gasteiger charge is 2.18. The first-order valence-electron chi connectivity index (χ1n) is 6.39. The zero-order chi connectivity index (χ0) is 14.3. The van der Waals surface area contributed by atoms with Crippen LogP contribution >= 0.6 is 15.9 Å². The van der Waals surface area contributed by atoms with E-state index in [-0.39, 0.29) is 11.7 Å². The molecule has 0 aromatic heterocycles. The lowest BCUT2D eigenvalue weighted by Gasteiger charge is -2.24.